The van der Waals surface area contributed by atoms with E-state index in [0.29, 0.717) is 5.56 Å². The van der Waals surface area contributed by atoms with E-state index in [1.54, 1.807) is 12.4 Å². The SMILES string of the molecule is O=C(O)C[C@@H](NC(=O)OCC1c2ccccc2-c2ccccc21)c1cncc2ccccc12. The van der Waals surface area contributed by atoms with Crippen LogP contribution in [0.15, 0.2) is 85.2 Å². The maximum absolute atomic E-state index is 12.8. The van der Waals surface area contributed by atoms with Gasteiger partial charge in [0, 0.05) is 29.3 Å². The molecular weight excluding hydrogens is 416 g/mol. The molecule has 2 N–H and O–H groups in total. The van der Waals surface area contributed by atoms with Gasteiger partial charge in [-0.1, -0.05) is 72.8 Å². The Morgan fingerprint density at radius 2 is 1.55 bits per heavy atom. The van der Waals surface area contributed by atoms with Crippen LogP contribution in [-0.2, 0) is 9.53 Å². The standard InChI is InChI=1S/C27H22N2O4/c30-26(31)13-25(23-15-28-14-17-7-1-2-8-18(17)23)29-27(32)33-16-24-21-11-5-3-9-19(21)20-10-4-6-12-22(20)24/h1-12,14-15,24-25H,13,16H2,(H,29,32)(H,30,31)/t25-/m1/s1. The summed E-state index contributed by atoms with van der Waals surface area (Å²) in [6.07, 6.45) is 2.37. The van der Waals surface area contributed by atoms with Crippen molar-refractivity contribution in [1.29, 1.82) is 0 Å². The number of carbonyl (C=O) groups excluding carboxylic acids is 1. The average Bonchev–Trinajstić information content (AvgIpc) is 3.15. The summed E-state index contributed by atoms with van der Waals surface area (Å²) in [5.74, 6) is -1.09. The number of pyridine rings is 1. The number of hydrogen-bond donors (Lipinski definition) is 2. The first-order valence-corrected chi connectivity index (χ1v) is 10.8. The van der Waals surface area contributed by atoms with Gasteiger partial charge in [-0.3, -0.25) is 9.78 Å². The Kier molecular flexibility index (Phi) is 5.48. The minimum atomic E-state index is -1.02. The van der Waals surface area contributed by atoms with E-state index in [1.807, 2.05) is 48.5 Å². The summed E-state index contributed by atoms with van der Waals surface area (Å²) in [6.45, 7) is 0.160. The number of nitrogens with one attached hydrogen (secondary N) is 1. The fraction of sp³-hybridized carbons (Fsp3) is 0.148. The highest BCUT2D eigenvalue weighted by molar-refractivity contribution is 5.86. The van der Waals surface area contributed by atoms with Crippen molar-refractivity contribution in [2.45, 2.75) is 18.4 Å². The zero-order chi connectivity index (χ0) is 22.8. The predicted molar refractivity (Wildman–Crippen MR) is 125 cm³/mol. The van der Waals surface area contributed by atoms with Gasteiger partial charge >= 0.3 is 12.1 Å². The number of benzene rings is 3. The van der Waals surface area contributed by atoms with E-state index in [0.717, 1.165) is 33.0 Å². The number of alkyl carbamates (subject to hydrolysis) is 1. The van der Waals surface area contributed by atoms with E-state index >= 15 is 0 Å². The van der Waals surface area contributed by atoms with Crippen LogP contribution in [0.4, 0.5) is 4.79 Å². The van der Waals surface area contributed by atoms with Crippen LogP contribution in [0, 0.1) is 0 Å². The fourth-order valence-corrected chi connectivity index (χ4v) is 4.61. The van der Waals surface area contributed by atoms with Crippen LogP contribution >= 0.6 is 0 Å². The van der Waals surface area contributed by atoms with Crippen molar-refractivity contribution in [1.82, 2.24) is 10.3 Å². The van der Waals surface area contributed by atoms with Crippen molar-refractivity contribution in [2.75, 3.05) is 6.61 Å². The van der Waals surface area contributed by atoms with Gasteiger partial charge in [-0.05, 0) is 27.6 Å². The van der Waals surface area contributed by atoms with Crippen molar-refractivity contribution < 1.29 is 19.4 Å². The number of carbonyl (C=O) groups is 2. The van der Waals surface area contributed by atoms with E-state index in [-0.39, 0.29) is 18.9 Å². The third-order valence-electron chi connectivity index (χ3n) is 6.09. The lowest BCUT2D eigenvalue weighted by molar-refractivity contribution is -0.137. The second kappa shape index (κ2) is 8.74. The van der Waals surface area contributed by atoms with Gasteiger partial charge < -0.3 is 15.2 Å². The van der Waals surface area contributed by atoms with Crippen LogP contribution in [-0.4, -0.2) is 28.8 Å². The molecule has 6 nitrogen and oxygen atoms in total. The highest BCUT2D eigenvalue weighted by Crippen LogP contribution is 2.44. The van der Waals surface area contributed by atoms with Gasteiger partial charge in [0.25, 0.3) is 0 Å². The lowest BCUT2D eigenvalue weighted by Crippen LogP contribution is -2.32. The van der Waals surface area contributed by atoms with E-state index in [2.05, 4.69) is 34.6 Å². The molecule has 1 heterocycles. The van der Waals surface area contributed by atoms with Gasteiger partial charge in [-0.15, -0.1) is 0 Å². The quantitative estimate of drug-likeness (QED) is 0.427. The predicted octanol–water partition coefficient (Wildman–Crippen LogP) is 5.29. The molecule has 1 aromatic heterocycles. The first-order chi connectivity index (χ1) is 16.1. The van der Waals surface area contributed by atoms with Crippen LogP contribution in [0.3, 0.4) is 0 Å². The summed E-state index contributed by atoms with van der Waals surface area (Å²) in [6, 6.07) is 23.0. The summed E-state index contributed by atoms with van der Waals surface area (Å²) in [4.78, 5) is 28.5. The Balaban J connectivity index is 1.36. The Hall–Kier alpha value is -4.19. The number of nitrogens with zero attached hydrogens (tertiary/aromatic N) is 1. The smallest absolute Gasteiger partial charge is 0.407 e. The zero-order valence-electron chi connectivity index (χ0n) is 17.8. The van der Waals surface area contributed by atoms with Gasteiger partial charge in [0.05, 0.1) is 12.5 Å². The summed E-state index contributed by atoms with van der Waals surface area (Å²) >= 11 is 0. The molecule has 0 spiro atoms. The molecule has 0 bridgehead atoms. The minimum absolute atomic E-state index is 0.0692. The monoisotopic (exact) mass is 438 g/mol. The number of fused-ring (bicyclic) bond motifs is 4. The lowest BCUT2D eigenvalue weighted by Gasteiger charge is -2.20. The molecular formula is C27H22N2O4. The molecule has 0 radical (unpaired) electrons. The average molecular weight is 438 g/mol. The summed E-state index contributed by atoms with van der Waals surface area (Å²) in [7, 11) is 0. The summed E-state index contributed by atoms with van der Waals surface area (Å²) in [5, 5.41) is 13.9. The Morgan fingerprint density at radius 3 is 2.24 bits per heavy atom. The van der Waals surface area contributed by atoms with E-state index in [9.17, 15) is 14.7 Å². The molecule has 0 fully saturated rings. The van der Waals surface area contributed by atoms with Gasteiger partial charge in [0.2, 0.25) is 0 Å². The maximum Gasteiger partial charge on any atom is 0.407 e. The van der Waals surface area contributed by atoms with Crippen molar-refractivity contribution in [3.8, 4) is 11.1 Å². The number of hydrogen-bond acceptors (Lipinski definition) is 4. The number of rotatable bonds is 6. The highest BCUT2D eigenvalue weighted by Gasteiger charge is 2.29. The van der Waals surface area contributed by atoms with E-state index in [1.165, 1.54) is 0 Å². The molecule has 1 amide bonds. The number of ether oxygens (including phenoxy) is 1. The van der Waals surface area contributed by atoms with E-state index in [4.69, 9.17) is 4.74 Å². The molecule has 5 rings (SSSR count). The van der Waals surface area contributed by atoms with Gasteiger partial charge in [0.1, 0.15) is 6.61 Å². The van der Waals surface area contributed by atoms with Crippen LogP contribution in [0.1, 0.15) is 35.1 Å². The second-order valence-electron chi connectivity index (χ2n) is 8.07. The molecule has 33 heavy (non-hydrogen) atoms. The Morgan fingerprint density at radius 1 is 0.909 bits per heavy atom. The molecule has 6 heteroatoms. The third-order valence-corrected chi connectivity index (χ3v) is 6.09. The Labute approximate surface area is 190 Å². The van der Waals surface area contributed by atoms with Crippen molar-refractivity contribution in [2.24, 2.45) is 0 Å². The maximum atomic E-state index is 12.8. The summed E-state index contributed by atoms with van der Waals surface area (Å²) < 4.78 is 5.62. The van der Waals surface area contributed by atoms with Crippen LogP contribution in [0.5, 0.6) is 0 Å². The molecule has 164 valence electrons. The topological polar surface area (TPSA) is 88.5 Å². The number of amides is 1. The number of carboxylic acids is 1. The second-order valence-corrected chi connectivity index (χ2v) is 8.07. The molecule has 1 atom stereocenters. The zero-order valence-corrected chi connectivity index (χ0v) is 17.8. The normalized spacial score (nSPS) is 13.2. The van der Waals surface area contributed by atoms with Gasteiger partial charge in [-0.2, -0.15) is 0 Å². The van der Waals surface area contributed by atoms with Crippen molar-refractivity contribution in [3.05, 3.63) is 102 Å². The molecule has 0 aliphatic heterocycles. The summed E-state index contributed by atoms with van der Waals surface area (Å²) in [5.41, 5.74) is 5.17. The van der Waals surface area contributed by atoms with Crippen LogP contribution in [0.25, 0.3) is 21.9 Å². The first kappa shape index (κ1) is 20.7. The largest absolute Gasteiger partial charge is 0.481 e. The van der Waals surface area contributed by atoms with Crippen LogP contribution < -0.4 is 5.32 Å². The fourth-order valence-electron chi connectivity index (χ4n) is 4.61. The molecule has 0 saturated heterocycles. The minimum Gasteiger partial charge on any atom is -0.481 e. The van der Waals surface area contributed by atoms with Gasteiger partial charge in [-0.25, -0.2) is 4.79 Å². The first-order valence-electron chi connectivity index (χ1n) is 10.8. The third kappa shape index (κ3) is 4.03. The van der Waals surface area contributed by atoms with E-state index < -0.39 is 18.1 Å². The molecule has 3 aromatic carbocycles. The molecule has 1 aliphatic carbocycles. The van der Waals surface area contributed by atoms with Gasteiger partial charge in [0.15, 0.2) is 0 Å². The highest BCUT2D eigenvalue weighted by atomic mass is 16.5. The molecule has 4 aromatic rings. The molecule has 0 saturated carbocycles. The Bertz CT molecular complexity index is 1300. The molecule has 0 unspecified atom stereocenters. The number of carboxylic acid groups (broad SMARTS) is 1. The number of aliphatic carboxylic acids is 1. The van der Waals surface area contributed by atoms with Crippen molar-refractivity contribution in [3.63, 3.8) is 0 Å². The van der Waals surface area contributed by atoms with Crippen molar-refractivity contribution >= 4 is 22.8 Å². The van der Waals surface area contributed by atoms with Crippen LogP contribution in [0.2, 0.25) is 0 Å². The molecule has 1 aliphatic rings. The lowest BCUT2D eigenvalue weighted by atomic mass is 9.98. The number of aromatic nitrogens is 1.